The fourth-order valence-corrected chi connectivity index (χ4v) is 2.19. The molecule has 6 heteroatoms. The first-order valence-corrected chi connectivity index (χ1v) is 7.83. The lowest BCUT2D eigenvalue weighted by Gasteiger charge is -2.13. The second-order valence-electron chi connectivity index (χ2n) is 4.91. The molecule has 0 saturated heterocycles. The zero-order valence-corrected chi connectivity index (χ0v) is 16.2. The fourth-order valence-electron chi connectivity index (χ4n) is 2.19. The summed E-state index contributed by atoms with van der Waals surface area (Å²) < 4.78 is 1.74. The predicted octanol–water partition coefficient (Wildman–Crippen LogP) is 3.73. The Kier molecular flexibility index (Phi) is 10.1. The first kappa shape index (κ1) is 21.3. The number of carbonyl (C=O) groups excluding carboxylic acids is 1. The lowest BCUT2D eigenvalue weighted by molar-refractivity contribution is -0.116. The molecule has 23 heavy (non-hydrogen) atoms. The van der Waals surface area contributed by atoms with Gasteiger partial charge in [-0.05, 0) is 25.5 Å². The molecule has 2 rings (SSSR count). The normalized spacial score (nSPS) is 10.8. The molecule has 1 N–H and O–H groups in total. The molecule has 0 bridgehead atoms. The highest BCUT2D eigenvalue weighted by molar-refractivity contribution is 6.92. The Labute approximate surface area is 142 Å². The molecule has 0 radical (unpaired) electrons. The average molecular weight is 336 g/mol. The molecule has 0 spiro atoms. The monoisotopic (exact) mass is 336 g/mol. The van der Waals surface area contributed by atoms with Crippen molar-refractivity contribution in [3.63, 3.8) is 0 Å². The third-order valence-corrected chi connectivity index (χ3v) is 3.51. The topological polar surface area (TPSA) is 59.8 Å². The molecular formula is C17H29N4OP. The predicted molar refractivity (Wildman–Crippen MR) is 101 cm³/mol. The van der Waals surface area contributed by atoms with Crippen molar-refractivity contribution in [1.29, 1.82) is 0 Å². The maximum absolute atomic E-state index is 12.1. The van der Waals surface area contributed by atoms with Crippen molar-refractivity contribution >= 4 is 21.5 Å². The highest BCUT2D eigenvalue weighted by Gasteiger charge is 2.20. The molecule has 1 aromatic heterocycles. The first-order valence-electron chi connectivity index (χ1n) is 7.83. The summed E-state index contributed by atoms with van der Waals surface area (Å²) in [4.78, 5) is 12.1. The summed E-state index contributed by atoms with van der Waals surface area (Å²) in [5.74, 6) is 0.112. The van der Waals surface area contributed by atoms with Crippen LogP contribution in [0.15, 0.2) is 30.3 Å². The van der Waals surface area contributed by atoms with Crippen LogP contribution in [0, 0.1) is 6.92 Å². The number of hydrogen-bond donors (Lipinski definition) is 1. The molecular weight excluding hydrogens is 307 g/mol. The lowest BCUT2D eigenvalue weighted by atomic mass is 9.96. The first-order chi connectivity index (χ1) is 10.6. The molecule has 0 aliphatic heterocycles. The van der Waals surface area contributed by atoms with Gasteiger partial charge in [0.25, 0.3) is 0 Å². The number of nitrogens with one attached hydrogen (secondary N) is 1. The van der Waals surface area contributed by atoms with Crippen molar-refractivity contribution in [1.82, 2.24) is 15.0 Å². The van der Waals surface area contributed by atoms with Crippen molar-refractivity contribution < 1.29 is 4.79 Å². The molecule has 5 nitrogen and oxygen atoms in total. The van der Waals surface area contributed by atoms with E-state index in [9.17, 15) is 4.79 Å². The SMILES string of the molecule is CC.CC[C@@H](CC(=O)Nc1ccccc1)c1nnn(C)c1C.P. The Bertz CT molecular complexity index is 584. The van der Waals surface area contributed by atoms with Gasteiger partial charge < -0.3 is 5.32 Å². The summed E-state index contributed by atoms with van der Waals surface area (Å²) >= 11 is 0. The van der Waals surface area contributed by atoms with E-state index in [2.05, 4.69) is 22.6 Å². The van der Waals surface area contributed by atoms with Crippen LogP contribution in [0.3, 0.4) is 0 Å². The quantitative estimate of drug-likeness (QED) is 0.846. The van der Waals surface area contributed by atoms with Crippen molar-refractivity contribution in [2.75, 3.05) is 5.32 Å². The van der Waals surface area contributed by atoms with Gasteiger partial charge in [0.05, 0.1) is 11.4 Å². The van der Waals surface area contributed by atoms with Crippen LogP contribution in [0.5, 0.6) is 0 Å². The summed E-state index contributed by atoms with van der Waals surface area (Å²) in [6, 6.07) is 9.49. The van der Waals surface area contributed by atoms with E-state index in [0.29, 0.717) is 6.42 Å². The van der Waals surface area contributed by atoms with Crippen LogP contribution in [0.25, 0.3) is 0 Å². The van der Waals surface area contributed by atoms with Crippen molar-refractivity contribution in [2.24, 2.45) is 7.05 Å². The molecule has 2 aromatic rings. The number of nitrogens with zero attached hydrogens (tertiary/aromatic N) is 3. The number of amides is 1. The summed E-state index contributed by atoms with van der Waals surface area (Å²) in [6.45, 7) is 8.04. The average Bonchev–Trinajstić information content (AvgIpc) is 2.87. The Morgan fingerprint density at radius 3 is 2.35 bits per heavy atom. The van der Waals surface area contributed by atoms with Crippen molar-refractivity contribution in [3.8, 4) is 0 Å². The van der Waals surface area contributed by atoms with Crippen LogP contribution in [-0.2, 0) is 11.8 Å². The molecule has 2 atom stereocenters. The Morgan fingerprint density at radius 2 is 1.87 bits per heavy atom. The van der Waals surface area contributed by atoms with Gasteiger partial charge in [-0.2, -0.15) is 9.90 Å². The smallest absolute Gasteiger partial charge is 0.225 e. The van der Waals surface area contributed by atoms with E-state index in [0.717, 1.165) is 23.5 Å². The second-order valence-corrected chi connectivity index (χ2v) is 4.91. The van der Waals surface area contributed by atoms with Crippen LogP contribution >= 0.6 is 9.90 Å². The molecule has 1 aromatic carbocycles. The van der Waals surface area contributed by atoms with E-state index in [1.807, 2.05) is 58.2 Å². The van der Waals surface area contributed by atoms with Crippen LogP contribution in [0.2, 0.25) is 0 Å². The van der Waals surface area contributed by atoms with Crippen LogP contribution in [0.4, 0.5) is 5.69 Å². The Balaban J connectivity index is 0.00000155. The van der Waals surface area contributed by atoms with Gasteiger partial charge in [-0.3, -0.25) is 9.48 Å². The highest BCUT2D eigenvalue weighted by atomic mass is 31.0. The Hall–Kier alpha value is -1.74. The van der Waals surface area contributed by atoms with Gasteiger partial charge in [-0.15, -0.1) is 5.10 Å². The van der Waals surface area contributed by atoms with Crippen LogP contribution < -0.4 is 5.32 Å². The number of rotatable bonds is 5. The van der Waals surface area contributed by atoms with Gasteiger partial charge in [0, 0.05) is 25.1 Å². The van der Waals surface area contributed by atoms with Gasteiger partial charge in [-0.1, -0.05) is 44.2 Å². The van der Waals surface area contributed by atoms with Crippen LogP contribution in [-0.4, -0.2) is 20.9 Å². The zero-order valence-electron chi connectivity index (χ0n) is 14.8. The number of para-hydroxylation sites is 1. The number of benzene rings is 1. The minimum atomic E-state index is 0. The van der Waals surface area contributed by atoms with E-state index < -0.39 is 0 Å². The summed E-state index contributed by atoms with van der Waals surface area (Å²) in [5, 5.41) is 11.1. The van der Waals surface area contributed by atoms with Gasteiger partial charge in [0.15, 0.2) is 0 Å². The minimum Gasteiger partial charge on any atom is -0.326 e. The summed E-state index contributed by atoms with van der Waals surface area (Å²) in [7, 11) is 1.86. The maximum atomic E-state index is 12.1. The van der Waals surface area contributed by atoms with Gasteiger partial charge >= 0.3 is 0 Å². The Morgan fingerprint density at radius 1 is 1.26 bits per heavy atom. The number of carbonyl (C=O) groups is 1. The maximum Gasteiger partial charge on any atom is 0.225 e. The second kappa shape index (κ2) is 10.9. The molecule has 1 heterocycles. The molecule has 128 valence electrons. The number of anilines is 1. The highest BCUT2D eigenvalue weighted by Crippen LogP contribution is 2.24. The van der Waals surface area contributed by atoms with Crippen LogP contribution in [0.1, 0.15) is 50.9 Å². The third kappa shape index (κ3) is 6.11. The van der Waals surface area contributed by atoms with E-state index in [1.54, 1.807) is 4.68 Å². The third-order valence-electron chi connectivity index (χ3n) is 3.51. The number of aryl methyl sites for hydroxylation is 1. The van der Waals surface area contributed by atoms with E-state index in [1.165, 1.54) is 0 Å². The van der Waals surface area contributed by atoms with Gasteiger partial charge in [-0.25, -0.2) is 0 Å². The molecule has 1 amide bonds. The number of aromatic nitrogens is 3. The molecule has 0 aliphatic rings. The lowest BCUT2D eigenvalue weighted by Crippen LogP contribution is -2.16. The van der Waals surface area contributed by atoms with Gasteiger partial charge in [0.1, 0.15) is 0 Å². The van der Waals surface area contributed by atoms with E-state index >= 15 is 0 Å². The summed E-state index contributed by atoms with van der Waals surface area (Å²) in [5.41, 5.74) is 2.76. The standard InChI is InChI=1S/C15H20N4O.C2H6.H3P/c1-4-12(15-11(2)19(3)18-17-15)10-14(20)16-13-8-6-5-7-9-13;1-2;/h5-9,12H,4,10H2,1-3H3,(H,16,20);1-2H3;1H3/t12-;;/m0../s1. The minimum absolute atomic E-state index is 0. The zero-order chi connectivity index (χ0) is 16.5. The van der Waals surface area contributed by atoms with Crippen molar-refractivity contribution in [3.05, 3.63) is 41.7 Å². The molecule has 0 aliphatic carbocycles. The molecule has 0 saturated carbocycles. The van der Waals surface area contributed by atoms with E-state index in [4.69, 9.17) is 0 Å². The van der Waals surface area contributed by atoms with Crippen molar-refractivity contribution in [2.45, 2.75) is 46.5 Å². The largest absolute Gasteiger partial charge is 0.326 e. The fraction of sp³-hybridized carbons (Fsp3) is 0.471. The molecule has 1 unspecified atom stereocenters. The summed E-state index contributed by atoms with van der Waals surface area (Å²) in [6.07, 6.45) is 1.28. The number of hydrogen-bond acceptors (Lipinski definition) is 3. The molecule has 0 fully saturated rings. The van der Waals surface area contributed by atoms with Gasteiger partial charge in [0.2, 0.25) is 5.91 Å². The van der Waals surface area contributed by atoms with E-state index in [-0.39, 0.29) is 21.7 Å².